The smallest absolute Gasteiger partial charge is 0.321 e. The van der Waals surface area contributed by atoms with Crippen molar-refractivity contribution >= 4 is 33.8 Å². The van der Waals surface area contributed by atoms with Gasteiger partial charge in [0.05, 0.1) is 17.5 Å². The van der Waals surface area contributed by atoms with Gasteiger partial charge in [0.2, 0.25) is 5.88 Å². The molecule has 1 aromatic carbocycles. The minimum atomic E-state index is -0.00573. The van der Waals surface area contributed by atoms with Gasteiger partial charge in [-0.1, -0.05) is 6.07 Å². The molecule has 1 aliphatic heterocycles. The molecule has 1 aliphatic rings. The fraction of sp³-hybridized carbons (Fsp3) is 0.375. The van der Waals surface area contributed by atoms with Crippen LogP contribution in [0.2, 0.25) is 0 Å². The minimum Gasteiger partial charge on any atom is -0.478 e. The molecule has 176 valence electrons. The number of rotatable bonds is 5. The van der Waals surface area contributed by atoms with E-state index in [9.17, 15) is 4.79 Å². The Labute approximate surface area is 197 Å². The number of ether oxygens (including phenoxy) is 1. The van der Waals surface area contributed by atoms with Crippen molar-refractivity contribution in [2.75, 3.05) is 32.5 Å². The molecule has 34 heavy (non-hydrogen) atoms. The maximum Gasteiger partial charge on any atom is 0.321 e. The fourth-order valence-electron chi connectivity index (χ4n) is 4.40. The molecule has 3 aromatic heterocycles. The molecular formula is C24H28N8O2. The predicted molar refractivity (Wildman–Crippen MR) is 130 cm³/mol. The molecule has 0 unspecified atom stereocenters. The lowest BCUT2D eigenvalue weighted by Crippen LogP contribution is -2.44. The fourth-order valence-corrected chi connectivity index (χ4v) is 4.40. The molecule has 2 amide bonds. The zero-order valence-electron chi connectivity index (χ0n) is 19.4. The van der Waals surface area contributed by atoms with E-state index in [0.29, 0.717) is 35.0 Å². The van der Waals surface area contributed by atoms with E-state index in [2.05, 4.69) is 15.0 Å². The number of fused-ring (bicyclic) bond motifs is 2. The number of aromatic nitrogens is 5. The summed E-state index contributed by atoms with van der Waals surface area (Å²) in [6, 6.07) is 9.72. The van der Waals surface area contributed by atoms with Crippen molar-refractivity contribution in [1.82, 2.24) is 34.5 Å². The van der Waals surface area contributed by atoms with E-state index in [0.717, 1.165) is 42.4 Å². The Balaban J connectivity index is 1.51. The molecule has 0 radical (unpaired) electrons. The third-order valence-electron chi connectivity index (χ3n) is 6.09. The number of benzene rings is 1. The van der Waals surface area contributed by atoms with Crippen molar-refractivity contribution in [3.05, 3.63) is 36.7 Å². The summed E-state index contributed by atoms with van der Waals surface area (Å²) in [7, 11) is 1.78. The van der Waals surface area contributed by atoms with Crippen LogP contribution in [0.25, 0.3) is 33.2 Å². The minimum absolute atomic E-state index is 0.00573. The zero-order valence-corrected chi connectivity index (χ0v) is 19.4. The number of pyridine rings is 1. The first kappa shape index (κ1) is 21.9. The van der Waals surface area contributed by atoms with Crippen LogP contribution in [0, 0.1) is 0 Å². The highest BCUT2D eigenvalue weighted by atomic mass is 16.5. The molecule has 2 N–H and O–H groups in total. The lowest BCUT2D eigenvalue weighted by atomic mass is 10.1. The van der Waals surface area contributed by atoms with E-state index in [-0.39, 0.29) is 12.7 Å². The first-order chi connectivity index (χ1) is 16.5. The van der Waals surface area contributed by atoms with E-state index in [1.807, 2.05) is 42.2 Å². The number of nitrogens with two attached hydrogens (primary N) is 1. The second-order valence-electron chi connectivity index (χ2n) is 8.47. The zero-order chi connectivity index (χ0) is 23.7. The van der Waals surface area contributed by atoms with Gasteiger partial charge in [-0.25, -0.2) is 24.4 Å². The van der Waals surface area contributed by atoms with Crippen LogP contribution < -0.4 is 10.5 Å². The summed E-state index contributed by atoms with van der Waals surface area (Å²) < 4.78 is 7.22. The number of hydrogen-bond acceptors (Lipinski definition) is 7. The molecular weight excluding hydrogens is 432 g/mol. The van der Waals surface area contributed by atoms with Gasteiger partial charge >= 0.3 is 6.03 Å². The van der Waals surface area contributed by atoms with Gasteiger partial charge in [0.15, 0.2) is 5.65 Å². The highest BCUT2D eigenvalue weighted by molar-refractivity contribution is 5.99. The van der Waals surface area contributed by atoms with Crippen LogP contribution in [0.15, 0.2) is 36.7 Å². The monoisotopic (exact) mass is 460 g/mol. The van der Waals surface area contributed by atoms with E-state index >= 15 is 0 Å². The van der Waals surface area contributed by atoms with Crippen LogP contribution in [0.3, 0.4) is 0 Å². The Bertz CT molecular complexity index is 1350. The number of carbonyl (C=O) groups excluding carboxylic acids is 1. The lowest BCUT2D eigenvalue weighted by Gasteiger charge is -2.30. The van der Waals surface area contributed by atoms with Gasteiger partial charge in [-0.15, -0.1) is 0 Å². The second-order valence-corrected chi connectivity index (χ2v) is 8.47. The highest BCUT2D eigenvalue weighted by Gasteiger charge is 2.23. The molecule has 0 aliphatic carbocycles. The summed E-state index contributed by atoms with van der Waals surface area (Å²) >= 11 is 0. The summed E-state index contributed by atoms with van der Waals surface area (Å²) in [5.41, 5.74) is 9.21. The number of nitrogens with zero attached hydrogens (tertiary/aromatic N) is 7. The molecule has 5 rings (SSSR count). The van der Waals surface area contributed by atoms with Crippen LogP contribution in [-0.4, -0.2) is 67.3 Å². The average Bonchev–Trinajstić information content (AvgIpc) is 3.23. The van der Waals surface area contributed by atoms with Crippen LogP contribution in [0.5, 0.6) is 5.88 Å². The van der Waals surface area contributed by atoms with Gasteiger partial charge in [0.25, 0.3) is 0 Å². The predicted octanol–water partition coefficient (Wildman–Crippen LogP) is 3.52. The molecule has 0 atom stereocenters. The van der Waals surface area contributed by atoms with E-state index in [1.54, 1.807) is 16.6 Å². The molecule has 10 heteroatoms. The van der Waals surface area contributed by atoms with Crippen molar-refractivity contribution in [1.29, 1.82) is 0 Å². The number of likely N-dealkylation sites (tertiary alicyclic amines) is 1. The largest absolute Gasteiger partial charge is 0.478 e. The summed E-state index contributed by atoms with van der Waals surface area (Å²) in [6.07, 6.45) is 4.68. The summed E-state index contributed by atoms with van der Waals surface area (Å²) in [5, 5.41) is 6.44. The number of carbonyl (C=O) groups is 1. The number of urea groups is 1. The third-order valence-corrected chi connectivity index (χ3v) is 6.09. The summed E-state index contributed by atoms with van der Waals surface area (Å²) in [6.45, 7) is 4.34. The quantitative estimate of drug-likeness (QED) is 0.484. The first-order valence-electron chi connectivity index (χ1n) is 11.6. The molecule has 4 heterocycles. The topological polar surface area (TPSA) is 115 Å². The Morgan fingerprint density at radius 1 is 1.15 bits per heavy atom. The number of amides is 2. The number of nitrogen functional groups attached to an aromatic ring is 1. The summed E-state index contributed by atoms with van der Waals surface area (Å²) in [4.78, 5) is 29.7. The molecule has 0 bridgehead atoms. The van der Waals surface area contributed by atoms with Gasteiger partial charge in [-0.2, -0.15) is 5.10 Å². The SMILES string of the molecule is CCOc1ccc2cc(-c3nn(CN(C)C(=O)N4CCCCC4)c4ncnc(N)c34)ccc2n1. The summed E-state index contributed by atoms with van der Waals surface area (Å²) in [5.74, 6) is 0.942. The molecule has 0 saturated carbocycles. The van der Waals surface area contributed by atoms with Gasteiger partial charge < -0.3 is 20.3 Å². The Morgan fingerprint density at radius 2 is 1.97 bits per heavy atom. The van der Waals surface area contributed by atoms with Gasteiger partial charge in [0.1, 0.15) is 24.5 Å². The number of anilines is 1. The average molecular weight is 461 g/mol. The second kappa shape index (κ2) is 9.12. The molecule has 10 nitrogen and oxygen atoms in total. The van der Waals surface area contributed by atoms with Crippen LogP contribution in [-0.2, 0) is 6.67 Å². The third kappa shape index (κ3) is 4.07. The van der Waals surface area contributed by atoms with E-state index in [1.165, 1.54) is 12.7 Å². The molecule has 0 spiro atoms. The van der Waals surface area contributed by atoms with Crippen molar-refractivity contribution < 1.29 is 9.53 Å². The maximum absolute atomic E-state index is 12.9. The highest BCUT2D eigenvalue weighted by Crippen LogP contribution is 2.32. The van der Waals surface area contributed by atoms with Gasteiger partial charge in [-0.05, 0) is 44.4 Å². The van der Waals surface area contributed by atoms with Crippen LogP contribution >= 0.6 is 0 Å². The molecule has 4 aromatic rings. The maximum atomic E-state index is 12.9. The first-order valence-corrected chi connectivity index (χ1v) is 11.6. The Morgan fingerprint density at radius 3 is 2.76 bits per heavy atom. The lowest BCUT2D eigenvalue weighted by molar-refractivity contribution is 0.141. The van der Waals surface area contributed by atoms with E-state index < -0.39 is 0 Å². The van der Waals surface area contributed by atoms with Crippen LogP contribution in [0.1, 0.15) is 26.2 Å². The van der Waals surface area contributed by atoms with Crippen LogP contribution in [0.4, 0.5) is 10.6 Å². The van der Waals surface area contributed by atoms with E-state index in [4.69, 9.17) is 15.6 Å². The van der Waals surface area contributed by atoms with Gasteiger partial charge in [0, 0.05) is 37.2 Å². The standard InChI is InChI=1S/C24H28N8O2/c1-3-34-19-10-8-16-13-17(7-9-18(16)28-19)21-20-22(25)26-14-27-23(20)32(29-21)15-30(2)24(33)31-11-5-4-6-12-31/h7-10,13-14H,3-6,11-12,15H2,1-2H3,(H2,25,26,27). The number of hydrogen-bond donors (Lipinski definition) is 1. The molecule has 1 saturated heterocycles. The van der Waals surface area contributed by atoms with Gasteiger partial charge in [-0.3, -0.25) is 0 Å². The van der Waals surface area contributed by atoms with Crippen molar-refractivity contribution in [2.45, 2.75) is 32.9 Å². The normalized spacial score (nSPS) is 14.0. The van der Waals surface area contributed by atoms with Crippen molar-refractivity contribution in [2.24, 2.45) is 0 Å². The molecule has 1 fully saturated rings. The number of piperidine rings is 1. The van der Waals surface area contributed by atoms with Crippen molar-refractivity contribution in [3.8, 4) is 17.1 Å². The Hall–Kier alpha value is -3.95. The van der Waals surface area contributed by atoms with Crippen molar-refractivity contribution in [3.63, 3.8) is 0 Å². The Kier molecular flexibility index (Phi) is 5.87.